The Labute approximate surface area is 71.9 Å². The number of hydrogen-bond acceptors (Lipinski definition) is 3. The molecular formula is C7H4F3N3. The molecule has 0 bridgehead atoms. The van der Waals surface area contributed by atoms with Gasteiger partial charge in [0.1, 0.15) is 6.07 Å². The van der Waals surface area contributed by atoms with Crippen LogP contribution in [0.3, 0.4) is 0 Å². The normalized spacial score (nSPS) is 10.9. The fourth-order valence-electron chi connectivity index (χ4n) is 0.735. The van der Waals surface area contributed by atoms with Crippen molar-refractivity contribution < 1.29 is 13.2 Å². The van der Waals surface area contributed by atoms with Gasteiger partial charge in [0.25, 0.3) is 0 Å². The highest BCUT2D eigenvalue weighted by atomic mass is 19.4. The quantitative estimate of drug-likeness (QED) is 0.668. The Balaban J connectivity index is 2.77. The Morgan fingerprint density at radius 2 is 1.85 bits per heavy atom. The highest BCUT2D eigenvalue weighted by molar-refractivity contribution is 5.13. The number of halogens is 3. The Kier molecular flexibility index (Phi) is 2.46. The number of alkyl halides is 3. The molecule has 1 aromatic heterocycles. The lowest BCUT2D eigenvalue weighted by Gasteiger charge is -2.04. The van der Waals surface area contributed by atoms with E-state index in [1.807, 2.05) is 0 Å². The second-order valence-electron chi connectivity index (χ2n) is 2.32. The number of nitriles is 1. The van der Waals surface area contributed by atoms with Gasteiger partial charge >= 0.3 is 6.18 Å². The molecule has 0 saturated heterocycles. The zero-order valence-corrected chi connectivity index (χ0v) is 6.34. The molecule has 0 atom stereocenters. The summed E-state index contributed by atoms with van der Waals surface area (Å²) in [6, 6.07) is 1.61. The minimum atomic E-state index is -4.27. The first kappa shape index (κ1) is 9.45. The highest BCUT2D eigenvalue weighted by Crippen LogP contribution is 2.19. The molecule has 3 nitrogen and oxygen atoms in total. The largest absolute Gasteiger partial charge is 0.393 e. The van der Waals surface area contributed by atoms with Gasteiger partial charge < -0.3 is 0 Å². The predicted octanol–water partition coefficient (Wildman–Crippen LogP) is 1.45. The first-order valence-corrected chi connectivity index (χ1v) is 3.29. The van der Waals surface area contributed by atoms with E-state index in [2.05, 4.69) is 9.97 Å². The number of nitrogens with zero attached hydrogens (tertiary/aromatic N) is 3. The fourth-order valence-corrected chi connectivity index (χ4v) is 0.735. The first-order valence-electron chi connectivity index (χ1n) is 3.29. The zero-order valence-electron chi connectivity index (χ0n) is 6.34. The van der Waals surface area contributed by atoms with Crippen LogP contribution in [0.5, 0.6) is 0 Å². The summed E-state index contributed by atoms with van der Waals surface area (Å²) in [5.74, 6) is -0.133. The molecule has 0 fully saturated rings. The van der Waals surface area contributed by atoms with Crippen molar-refractivity contribution in [1.29, 1.82) is 5.26 Å². The van der Waals surface area contributed by atoms with E-state index in [1.54, 1.807) is 6.07 Å². The molecule has 0 N–H and O–H groups in total. The molecule has 0 saturated carbocycles. The van der Waals surface area contributed by atoms with Crippen molar-refractivity contribution in [2.24, 2.45) is 0 Å². The van der Waals surface area contributed by atoms with Crippen molar-refractivity contribution in [3.8, 4) is 6.07 Å². The summed E-state index contributed by atoms with van der Waals surface area (Å²) in [5.41, 5.74) is -0.0495. The van der Waals surface area contributed by atoms with Crippen LogP contribution in [0, 0.1) is 11.3 Å². The molecule has 0 spiro atoms. The molecule has 0 aliphatic heterocycles. The lowest BCUT2D eigenvalue weighted by Crippen LogP contribution is -2.12. The molecule has 0 amide bonds. The van der Waals surface area contributed by atoms with Crippen LogP contribution in [0.2, 0.25) is 0 Å². The topological polar surface area (TPSA) is 49.6 Å². The summed E-state index contributed by atoms with van der Waals surface area (Å²) >= 11 is 0. The summed E-state index contributed by atoms with van der Waals surface area (Å²) in [5, 5.41) is 8.26. The third-order valence-electron chi connectivity index (χ3n) is 1.21. The summed E-state index contributed by atoms with van der Waals surface area (Å²) < 4.78 is 35.4. The molecule has 0 aromatic carbocycles. The van der Waals surface area contributed by atoms with Gasteiger partial charge in [-0.1, -0.05) is 0 Å². The molecule has 1 rings (SSSR count). The van der Waals surface area contributed by atoms with E-state index >= 15 is 0 Å². The third kappa shape index (κ3) is 3.07. The van der Waals surface area contributed by atoms with Gasteiger partial charge in [-0.05, 0) is 5.56 Å². The highest BCUT2D eigenvalue weighted by Gasteiger charge is 2.27. The van der Waals surface area contributed by atoms with Crippen LogP contribution < -0.4 is 0 Å². The van der Waals surface area contributed by atoms with Crippen molar-refractivity contribution >= 4 is 0 Å². The van der Waals surface area contributed by atoms with Crippen molar-refractivity contribution in [1.82, 2.24) is 9.97 Å². The molecule has 68 valence electrons. The van der Waals surface area contributed by atoms with Crippen LogP contribution in [0.4, 0.5) is 13.2 Å². The van der Waals surface area contributed by atoms with Gasteiger partial charge in [-0.15, -0.1) is 0 Å². The molecule has 0 aliphatic carbocycles. The van der Waals surface area contributed by atoms with E-state index in [9.17, 15) is 13.2 Å². The molecular weight excluding hydrogens is 183 g/mol. The van der Waals surface area contributed by atoms with E-state index in [-0.39, 0.29) is 11.4 Å². The van der Waals surface area contributed by atoms with E-state index in [0.29, 0.717) is 0 Å². The van der Waals surface area contributed by atoms with Gasteiger partial charge in [-0.2, -0.15) is 18.4 Å². The van der Waals surface area contributed by atoms with Crippen LogP contribution in [-0.2, 0) is 6.42 Å². The maximum Gasteiger partial charge on any atom is 0.393 e. The molecule has 1 heterocycles. The summed E-state index contributed by atoms with van der Waals surface area (Å²) in [7, 11) is 0. The van der Waals surface area contributed by atoms with Crippen molar-refractivity contribution in [3.63, 3.8) is 0 Å². The second kappa shape index (κ2) is 3.39. The third-order valence-corrected chi connectivity index (χ3v) is 1.21. The van der Waals surface area contributed by atoms with E-state index in [4.69, 9.17) is 5.26 Å². The summed E-state index contributed by atoms with van der Waals surface area (Å²) in [6.07, 6.45) is -3.34. The van der Waals surface area contributed by atoms with Crippen LogP contribution in [0.15, 0.2) is 12.4 Å². The summed E-state index contributed by atoms with van der Waals surface area (Å²) in [4.78, 5) is 6.82. The number of aromatic nitrogens is 2. The van der Waals surface area contributed by atoms with Gasteiger partial charge in [0.05, 0.1) is 6.42 Å². The standard InChI is InChI=1S/C7H4F3N3/c8-7(9,10)1-5-3-12-6(2-11)13-4-5/h3-4H,1H2. The Hall–Kier alpha value is -1.64. The van der Waals surface area contributed by atoms with Crippen molar-refractivity contribution in [3.05, 3.63) is 23.8 Å². The Bertz CT molecular complexity index is 322. The van der Waals surface area contributed by atoms with Crippen LogP contribution in [0.25, 0.3) is 0 Å². The van der Waals surface area contributed by atoms with Gasteiger partial charge in [0.2, 0.25) is 5.82 Å². The van der Waals surface area contributed by atoms with Crippen molar-refractivity contribution in [2.75, 3.05) is 0 Å². The maximum absolute atomic E-state index is 11.8. The fraction of sp³-hybridized carbons (Fsp3) is 0.286. The minimum Gasteiger partial charge on any atom is -0.227 e. The number of hydrogen-bond donors (Lipinski definition) is 0. The zero-order chi connectivity index (χ0) is 9.90. The van der Waals surface area contributed by atoms with E-state index < -0.39 is 12.6 Å². The average Bonchev–Trinajstić information content (AvgIpc) is 2.03. The molecule has 6 heteroatoms. The first-order chi connectivity index (χ1) is 6.01. The Morgan fingerprint density at radius 3 is 2.23 bits per heavy atom. The van der Waals surface area contributed by atoms with Gasteiger partial charge in [-0.25, -0.2) is 9.97 Å². The monoisotopic (exact) mass is 187 g/mol. The SMILES string of the molecule is N#Cc1ncc(CC(F)(F)F)cn1. The Morgan fingerprint density at radius 1 is 1.31 bits per heavy atom. The molecule has 0 aliphatic rings. The summed E-state index contributed by atoms with van der Waals surface area (Å²) in [6.45, 7) is 0. The molecule has 0 radical (unpaired) electrons. The van der Waals surface area contributed by atoms with Crippen molar-refractivity contribution in [2.45, 2.75) is 12.6 Å². The maximum atomic E-state index is 11.8. The second-order valence-corrected chi connectivity index (χ2v) is 2.32. The molecule has 0 unspecified atom stereocenters. The van der Waals surface area contributed by atoms with Crippen LogP contribution >= 0.6 is 0 Å². The van der Waals surface area contributed by atoms with Crippen LogP contribution in [0.1, 0.15) is 11.4 Å². The lowest BCUT2D eigenvalue weighted by atomic mass is 10.2. The predicted molar refractivity (Wildman–Crippen MR) is 36.5 cm³/mol. The molecule has 1 aromatic rings. The lowest BCUT2D eigenvalue weighted by molar-refractivity contribution is -0.127. The number of rotatable bonds is 1. The van der Waals surface area contributed by atoms with Gasteiger partial charge in [0, 0.05) is 12.4 Å². The smallest absolute Gasteiger partial charge is 0.227 e. The average molecular weight is 187 g/mol. The minimum absolute atomic E-state index is 0.0495. The van der Waals surface area contributed by atoms with Gasteiger partial charge in [0.15, 0.2) is 0 Å². The van der Waals surface area contributed by atoms with Crippen LogP contribution in [-0.4, -0.2) is 16.1 Å². The van der Waals surface area contributed by atoms with E-state index in [0.717, 1.165) is 12.4 Å². The molecule has 13 heavy (non-hydrogen) atoms. The van der Waals surface area contributed by atoms with E-state index in [1.165, 1.54) is 0 Å². The van der Waals surface area contributed by atoms with Gasteiger partial charge in [-0.3, -0.25) is 0 Å².